The molecule has 3 rings (SSSR count). The van der Waals surface area contributed by atoms with Crippen molar-refractivity contribution in [3.05, 3.63) is 22.0 Å². The second kappa shape index (κ2) is 3.70. The summed E-state index contributed by atoms with van der Waals surface area (Å²) in [4.78, 5) is 8.89. The maximum Gasteiger partial charge on any atom is 0.192 e. The summed E-state index contributed by atoms with van der Waals surface area (Å²) < 4.78 is 5.57. The summed E-state index contributed by atoms with van der Waals surface area (Å²) in [6, 6.07) is 0. The molecule has 84 valence electrons. The molecule has 0 amide bonds. The highest BCUT2D eigenvalue weighted by molar-refractivity contribution is 7.09. The molecule has 2 aromatic heterocycles. The molecule has 0 spiro atoms. The van der Waals surface area contributed by atoms with Crippen LogP contribution in [0.4, 0.5) is 0 Å². The van der Waals surface area contributed by atoms with Gasteiger partial charge in [-0.15, -0.1) is 11.3 Å². The minimum absolute atomic E-state index is 0.712. The van der Waals surface area contributed by atoms with E-state index in [1.54, 1.807) is 11.3 Å². The van der Waals surface area contributed by atoms with Gasteiger partial charge in [0.25, 0.3) is 0 Å². The Bertz CT molecular complexity index is 511. The summed E-state index contributed by atoms with van der Waals surface area (Å²) in [5, 5.41) is 3.30. The molecule has 4 heteroatoms. The van der Waals surface area contributed by atoms with Gasteiger partial charge in [0.1, 0.15) is 5.69 Å². The molecular formula is C12H14N2OS. The number of aryl methyl sites for hydroxylation is 2. The summed E-state index contributed by atoms with van der Waals surface area (Å²) in [5.41, 5.74) is 1.87. The van der Waals surface area contributed by atoms with Crippen molar-refractivity contribution in [3.8, 4) is 11.5 Å². The van der Waals surface area contributed by atoms with Crippen molar-refractivity contribution >= 4 is 11.3 Å². The molecule has 16 heavy (non-hydrogen) atoms. The lowest BCUT2D eigenvalue weighted by Crippen LogP contribution is -1.86. The van der Waals surface area contributed by atoms with Crippen LogP contribution in [-0.4, -0.2) is 9.97 Å². The van der Waals surface area contributed by atoms with Crippen LogP contribution in [0.15, 0.2) is 9.80 Å². The summed E-state index contributed by atoms with van der Waals surface area (Å²) in [5.74, 6) is 2.43. The Morgan fingerprint density at radius 3 is 2.81 bits per heavy atom. The van der Waals surface area contributed by atoms with E-state index >= 15 is 0 Å². The van der Waals surface area contributed by atoms with Crippen molar-refractivity contribution < 1.29 is 4.42 Å². The number of hydrogen-bond donors (Lipinski definition) is 0. The Labute approximate surface area is 98.5 Å². The summed E-state index contributed by atoms with van der Waals surface area (Å²) >= 11 is 1.73. The van der Waals surface area contributed by atoms with E-state index in [0.717, 1.165) is 29.5 Å². The van der Waals surface area contributed by atoms with Crippen LogP contribution in [0, 0.1) is 19.8 Å². The third-order valence-corrected chi connectivity index (χ3v) is 3.72. The molecule has 2 aromatic rings. The monoisotopic (exact) mass is 234 g/mol. The third-order valence-electron chi connectivity index (χ3n) is 2.85. The highest BCUT2D eigenvalue weighted by Crippen LogP contribution is 2.34. The maximum absolute atomic E-state index is 5.57. The predicted octanol–water partition coefficient (Wildman–Crippen LogP) is 3.37. The largest absolute Gasteiger partial charge is 0.439 e. The van der Waals surface area contributed by atoms with E-state index < -0.39 is 0 Å². The fourth-order valence-corrected chi connectivity index (χ4v) is 2.74. The molecule has 1 saturated carbocycles. The van der Waals surface area contributed by atoms with Crippen LogP contribution >= 0.6 is 11.3 Å². The van der Waals surface area contributed by atoms with Gasteiger partial charge in [0.15, 0.2) is 11.7 Å². The lowest BCUT2D eigenvalue weighted by Gasteiger charge is -1.91. The second-order valence-electron chi connectivity index (χ2n) is 4.42. The smallest absolute Gasteiger partial charge is 0.192 e. The van der Waals surface area contributed by atoms with Crippen molar-refractivity contribution in [2.75, 3.05) is 0 Å². The van der Waals surface area contributed by atoms with E-state index in [1.165, 1.54) is 17.8 Å². The van der Waals surface area contributed by atoms with Crippen molar-refractivity contribution in [1.82, 2.24) is 9.97 Å². The fourth-order valence-electron chi connectivity index (χ4n) is 1.85. The molecule has 0 radical (unpaired) electrons. The van der Waals surface area contributed by atoms with Gasteiger partial charge in [0, 0.05) is 18.7 Å². The lowest BCUT2D eigenvalue weighted by atomic mass is 10.3. The average Bonchev–Trinajstić information content (AvgIpc) is 2.80. The SMILES string of the molecule is Cc1nc(C)c(-c2csc(CC3CC3)n2)o1. The Balaban J connectivity index is 1.87. The minimum atomic E-state index is 0.712. The van der Waals surface area contributed by atoms with Gasteiger partial charge in [-0.25, -0.2) is 9.97 Å². The first-order chi connectivity index (χ1) is 7.72. The highest BCUT2D eigenvalue weighted by Gasteiger charge is 2.23. The zero-order valence-corrected chi connectivity index (χ0v) is 10.3. The first-order valence-electron chi connectivity index (χ1n) is 5.61. The number of thiazole rings is 1. The van der Waals surface area contributed by atoms with Gasteiger partial charge in [-0.05, 0) is 25.7 Å². The standard InChI is InChI=1S/C12H14N2OS/c1-7-12(15-8(2)13-7)10-6-16-11(14-10)5-9-3-4-9/h6,9H,3-5H2,1-2H3. The van der Waals surface area contributed by atoms with Gasteiger partial charge in [-0.2, -0.15) is 0 Å². The Hall–Kier alpha value is -1.16. The van der Waals surface area contributed by atoms with Crippen molar-refractivity contribution in [1.29, 1.82) is 0 Å². The van der Waals surface area contributed by atoms with Crippen molar-refractivity contribution in [2.45, 2.75) is 33.1 Å². The molecule has 3 nitrogen and oxygen atoms in total. The molecule has 0 N–H and O–H groups in total. The van der Waals surface area contributed by atoms with Crippen LogP contribution in [-0.2, 0) is 6.42 Å². The number of aromatic nitrogens is 2. The average molecular weight is 234 g/mol. The van der Waals surface area contributed by atoms with E-state index in [4.69, 9.17) is 4.42 Å². The molecule has 0 atom stereocenters. The number of rotatable bonds is 3. The quantitative estimate of drug-likeness (QED) is 0.817. The topological polar surface area (TPSA) is 38.9 Å². The molecule has 1 aliphatic rings. The lowest BCUT2D eigenvalue weighted by molar-refractivity contribution is 0.532. The Morgan fingerprint density at radius 2 is 2.19 bits per heavy atom. The molecule has 0 aromatic carbocycles. The minimum Gasteiger partial charge on any atom is -0.439 e. The zero-order chi connectivity index (χ0) is 11.1. The van der Waals surface area contributed by atoms with Crippen LogP contribution in [0.3, 0.4) is 0 Å². The number of hydrogen-bond acceptors (Lipinski definition) is 4. The van der Waals surface area contributed by atoms with Crippen molar-refractivity contribution in [2.24, 2.45) is 5.92 Å². The first kappa shape index (κ1) is 10.0. The van der Waals surface area contributed by atoms with Gasteiger partial charge >= 0.3 is 0 Å². The Morgan fingerprint density at radius 1 is 1.38 bits per heavy atom. The number of nitrogens with zero attached hydrogens (tertiary/aromatic N) is 2. The Kier molecular flexibility index (Phi) is 2.32. The van der Waals surface area contributed by atoms with E-state index in [2.05, 4.69) is 15.3 Å². The summed E-state index contributed by atoms with van der Waals surface area (Å²) in [6.45, 7) is 3.83. The molecule has 1 fully saturated rings. The van der Waals surface area contributed by atoms with E-state index in [0.29, 0.717) is 5.89 Å². The first-order valence-corrected chi connectivity index (χ1v) is 6.49. The molecule has 0 saturated heterocycles. The van der Waals surface area contributed by atoms with Crippen LogP contribution in [0.1, 0.15) is 29.4 Å². The van der Waals surface area contributed by atoms with Crippen molar-refractivity contribution in [3.63, 3.8) is 0 Å². The van der Waals surface area contributed by atoms with Crippen LogP contribution < -0.4 is 0 Å². The highest BCUT2D eigenvalue weighted by atomic mass is 32.1. The zero-order valence-electron chi connectivity index (χ0n) is 9.49. The van der Waals surface area contributed by atoms with E-state index in [9.17, 15) is 0 Å². The summed E-state index contributed by atoms with van der Waals surface area (Å²) in [6.07, 6.45) is 3.88. The number of oxazole rings is 1. The van der Waals surface area contributed by atoms with Gasteiger partial charge in [0.2, 0.25) is 0 Å². The van der Waals surface area contributed by atoms with Crippen LogP contribution in [0.25, 0.3) is 11.5 Å². The molecule has 0 aliphatic heterocycles. The van der Waals surface area contributed by atoms with Gasteiger partial charge in [-0.3, -0.25) is 0 Å². The fraction of sp³-hybridized carbons (Fsp3) is 0.500. The molecule has 2 heterocycles. The second-order valence-corrected chi connectivity index (χ2v) is 5.36. The molecule has 1 aliphatic carbocycles. The van der Waals surface area contributed by atoms with Crippen LogP contribution in [0.2, 0.25) is 0 Å². The molecular weight excluding hydrogens is 220 g/mol. The van der Waals surface area contributed by atoms with Gasteiger partial charge in [-0.1, -0.05) is 0 Å². The third kappa shape index (κ3) is 1.89. The van der Waals surface area contributed by atoms with Gasteiger partial charge in [0.05, 0.1) is 10.7 Å². The van der Waals surface area contributed by atoms with E-state index in [1.807, 2.05) is 13.8 Å². The predicted molar refractivity (Wildman–Crippen MR) is 63.5 cm³/mol. The molecule has 0 unspecified atom stereocenters. The normalized spacial score (nSPS) is 15.6. The van der Waals surface area contributed by atoms with Crippen LogP contribution in [0.5, 0.6) is 0 Å². The van der Waals surface area contributed by atoms with E-state index in [-0.39, 0.29) is 0 Å². The van der Waals surface area contributed by atoms with Gasteiger partial charge < -0.3 is 4.42 Å². The maximum atomic E-state index is 5.57. The summed E-state index contributed by atoms with van der Waals surface area (Å²) in [7, 11) is 0. The molecule has 0 bridgehead atoms.